The van der Waals surface area contributed by atoms with E-state index in [0.717, 1.165) is 0 Å². The van der Waals surface area contributed by atoms with Crippen molar-refractivity contribution in [2.24, 2.45) is 0 Å². The first-order valence-electron chi connectivity index (χ1n) is 5.31. The van der Waals surface area contributed by atoms with Crippen LogP contribution in [0.5, 0.6) is 0 Å². The first-order valence-corrected chi connectivity index (χ1v) is 5.85. The highest BCUT2D eigenvalue weighted by molar-refractivity contribution is 6.17. The number of nitrogens with zero attached hydrogens (tertiary/aromatic N) is 2. The lowest BCUT2D eigenvalue weighted by Crippen LogP contribution is -2.26. The second kappa shape index (κ2) is 7.35. The molecule has 0 aromatic carbocycles. The number of nitrogens with one attached hydrogen (secondary N) is 2. The minimum Gasteiger partial charge on any atom is -0.360 e. The zero-order valence-corrected chi connectivity index (χ0v) is 10.6. The smallest absolute Gasteiger partial charge is 0.263 e. The van der Waals surface area contributed by atoms with Crippen molar-refractivity contribution in [1.82, 2.24) is 10.5 Å². The molecule has 0 saturated heterocycles. The van der Waals surface area contributed by atoms with Gasteiger partial charge in [-0.3, -0.25) is 4.79 Å². The van der Waals surface area contributed by atoms with Crippen LogP contribution >= 0.6 is 11.6 Å². The molecule has 1 rings (SSSR count). The molecule has 0 radical (unpaired) electrons. The highest BCUT2D eigenvalue weighted by Gasteiger charge is 2.08. The molecule has 0 aliphatic rings. The van der Waals surface area contributed by atoms with Crippen molar-refractivity contribution < 1.29 is 9.32 Å². The monoisotopic (exact) mass is 268 g/mol. The molecule has 1 aromatic rings. The van der Waals surface area contributed by atoms with Crippen LogP contribution in [0.3, 0.4) is 0 Å². The van der Waals surface area contributed by atoms with Gasteiger partial charge in [0, 0.05) is 24.7 Å². The number of nitriles is 1. The topological polar surface area (TPSA) is 91.0 Å². The van der Waals surface area contributed by atoms with E-state index in [2.05, 4.69) is 15.8 Å². The van der Waals surface area contributed by atoms with Gasteiger partial charge in [-0.15, -0.1) is 11.6 Å². The van der Waals surface area contributed by atoms with Gasteiger partial charge in [-0.05, 0) is 13.3 Å². The fraction of sp³-hybridized carbons (Fsp3) is 0.364. The van der Waals surface area contributed by atoms with Gasteiger partial charge in [-0.1, -0.05) is 5.16 Å². The Morgan fingerprint density at radius 3 is 3.06 bits per heavy atom. The number of rotatable bonds is 6. The summed E-state index contributed by atoms with van der Waals surface area (Å²) in [6.45, 7) is 2.18. The standard InChI is InChI=1S/C11H13ClN4O2/c1-8-5-10(16-18-8)15-7-9(6-13)11(17)14-4-2-3-12/h5,7H,2-4H2,1H3,(H,14,17)(H,15,16)/b9-7-. The zero-order valence-electron chi connectivity index (χ0n) is 9.86. The van der Waals surface area contributed by atoms with E-state index in [4.69, 9.17) is 21.4 Å². The molecule has 0 fully saturated rings. The largest absolute Gasteiger partial charge is 0.360 e. The Bertz CT molecular complexity index is 476. The fourth-order valence-corrected chi connectivity index (χ4v) is 1.23. The van der Waals surface area contributed by atoms with Crippen LogP contribution in [0.1, 0.15) is 12.2 Å². The van der Waals surface area contributed by atoms with Crippen LogP contribution in [0, 0.1) is 18.3 Å². The van der Waals surface area contributed by atoms with Gasteiger partial charge in [-0.25, -0.2) is 0 Å². The Labute approximate surface area is 110 Å². The summed E-state index contributed by atoms with van der Waals surface area (Å²) in [4.78, 5) is 11.5. The van der Waals surface area contributed by atoms with Gasteiger partial charge < -0.3 is 15.2 Å². The van der Waals surface area contributed by atoms with E-state index in [0.29, 0.717) is 30.4 Å². The van der Waals surface area contributed by atoms with Crippen LogP contribution in [-0.4, -0.2) is 23.5 Å². The van der Waals surface area contributed by atoms with E-state index < -0.39 is 5.91 Å². The maximum atomic E-state index is 11.5. The molecule has 0 atom stereocenters. The molecular formula is C11H13ClN4O2. The van der Waals surface area contributed by atoms with Crippen LogP contribution in [0.2, 0.25) is 0 Å². The van der Waals surface area contributed by atoms with Crippen molar-refractivity contribution in [3.05, 3.63) is 23.6 Å². The quantitative estimate of drug-likeness (QED) is 0.353. The second-order valence-corrected chi connectivity index (χ2v) is 3.81. The third-order valence-corrected chi connectivity index (χ3v) is 2.22. The summed E-state index contributed by atoms with van der Waals surface area (Å²) < 4.78 is 4.83. The number of halogens is 1. The van der Waals surface area contributed by atoms with Gasteiger partial charge in [0.05, 0.1) is 0 Å². The number of carbonyl (C=O) groups is 1. The molecule has 6 nitrogen and oxygen atoms in total. The highest BCUT2D eigenvalue weighted by Crippen LogP contribution is 2.07. The first-order chi connectivity index (χ1) is 8.67. The van der Waals surface area contributed by atoms with Crippen molar-refractivity contribution in [3.8, 4) is 6.07 Å². The van der Waals surface area contributed by atoms with Crippen molar-refractivity contribution in [2.45, 2.75) is 13.3 Å². The van der Waals surface area contributed by atoms with Crippen LogP contribution in [0.15, 0.2) is 22.4 Å². The van der Waals surface area contributed by atoms with Gasteiger partial charge in [-0.2, -0.15) is 5.26 Å². The van der Waals surface area contributed by atoms with Crippen LogP contribution < -0.4 is 10.6 Å². The lowest BCUT2D eigenvalue weighted by atomic mass is 10.3. The van der Waals surface area contributed by atoms with Crippen molar-refractivity contribution in [2.75, 3.05) is 17.7 Å². The van der Waals surface area contributed by atoms with Crippen molar-refractivity contribution in [3.63, 3.8) is 0 Å². The molecule has 96 valence electrons. The molecule has 1 aromatic heterocycles. The maximum absolute atomic E-state index is 11.5. The Kier molecular flexibility index (Phi) is 5.74. The molecule has 0 bridgehead atoms. The molecule has 0 spiro atoms. The van der Waals surface area contributed by atoms with E-state index in [1.165, 1.54) is 6.20 Å². The number of hydrogen-bond acceptors (Lipinski definition) is 5. The number of hydrogen-bond donors (Lipinski definition) is 2. The van der Waals surface area contributed by atoms with Gasteiger partial charge in [0.1, 0.15) is 17.4 Å². The predicted octanol–water partition coefficient (Wildman–Crippen LogP) is 1.55. The average molecular weight is 269 g/mol. The predicted molar refractivity (Wildman–Crippen MR) is 66.9 cm³/mol. The summed E-state index contributed by atoms with van der Waals surface area (Å²) in [7, 11) is 0. The zero-order chi connectivity index (χ0) is 13.4. The van der Waals surface area contributed by atoms with Gasteiger partial charge in [0.15, 0.2) is 5.82 Å². The number of amides is 1. The summed E-state index contributed by atoms with van der Waals surface area (Å²) in [5.74, 6) is 1.09. The molecule has 18 heavy (non-hydrogen) atoms. The van der Waals surface area contributed by atoms with E-state index in [9.17, 15) is 4.79 Å². The Morgan fingerprint density at radius 1 is 1.72 bits per heavy atom. The summed E-state index contributed by atoms with van der Waals surface area (Å²) in [6, 6.07) is 3.45. The highest BCUT2D eigenvalue weighted by atomic mass is 35.5. The molecule has 1 heterocycles. The number of aryl methyl sites for hydroxylation is 1. The van der Waals surface area contributed by atoms with E-state index in [1.54, 1.807) is 19.1 Å². The van der Waals surface area contributed by atoms with E-state index in [-0.39, 0.29) is 5.57 Å². The third kappa shape index (κ3) is 4.47. The lowest BCUT2D eigenvalue weighted by Gasteiger charge is -2.02. The SMILES string of the molecule is Cc1cc(N/C=C(/C#N)C(=O)NCCCCl)no1. The van der Waals surface area contributed by atoms with Gasteiger partial charge in [0.25, 0.3) is 5.91 Å². The molecule has 0 unspecified atom stereocenters. The first kappa shape index (κ1) is 14.1. The van der Waals surface area contributed by atoms with Crippen LogP contribution in [0.25, 0.3) is 0 Å². The molecule has 0 aliphatic carbocycles. The fourth-order valence-electron chi connectivity index (χ4n) is 1.09. The minimum absolute atomic E-state index is 0.0368. The number of carbonyl (C=O) groups excluding carboxylic acids is 1. The summed E-state index contributed by atoms with van der Waals surface area (Å²) in [6.07, 6.45) is 1.94. The average Bonchev–Trinajstić information content (AvgIpc) is 2.76. The number of alkyl halides is 1. The summed E-state index contributed by atoms with van der Waals surface area (Å²) >= 11 is 5.48. The Hall–Kier alpha value is -2.00. The number of aromatic nitrogens is 1. The summed E-state index contributed by atoms with van der Waals surface area (Å²) in [5.41, 5.74) is -0.0368. The van der Waals surface area contributed by atoms with Crippen LogP contribution in [-0.2, 0) is 4.79 Å². The molecule has 1 amide bonds. The lowest BCUT2D eigenvalue weighted by molar-refractivity contribution is -0.117. The molecule has 7 heteroatoms. The molecule has 0 saturated carbocycles. The van der Waals surface area contributed by atoms with Crippen molar-refractivity contribution >= 4 is 23.3 Å². The third-order valence-electron chi connectivity index (χ3n) is 1.95. The number of anilines is 1. The van der Waals surface area contributed by atoms with Crippen molar-refractivity contribution in [1.29, 1.82) is 5.26 Å². The second-order valence-electron chi connectivity index (χ2n) is 3.44. The van der Waals surface area contributed by atoms with Gasteiger partial charge >= 0.3 is 0 Å². The normalized spacial score (nSPS) is 10.8. The summed E-state index contributed by atoms with van der Waals surface area (Å²) in [5, 5.41) is 17.8. The Morgan fingerprint density at radius 2 is 2.50 bits per heavy atom. The maximum Gasteiger partial charge on any atom is 0.263 e. The van der Waals surface area contributed by atoms with E-state index in [1.807, 2.05) is 0 Å². The molecule has 0 aliphatic heterocycles. The van der Waals surface area contributed by atoms with Gasteiger partial charge in [0.2, 0.25) is 0 Å². The minimum atomic E-state index is -0.449. The Balaban J connectivity index is 2.54. The molecule has 2 N–H and O–H groups in total. The van der Waals surface area contributed by atoms with E-state index >= 15 is 0 Å². The molecular weight excluding hydrogens is 256 g/mol. The van der Waals surface area contributed by atoms with Crippen LogP contribution in [0.4, 0.5) is 5.82 Å².